The summed E-state index contributed by atoms with van der Waals surface area (Å²) in [4.78, 5) is 0. The molecule has 0 saturated carbocycles. The summed E-state index contributed by atoms with van der Waals surface area (Å²) in [5.41, 5.74) is 0.609. The van der Waals surface area contributed by atoms with Crippen molar-refractivity contribution in [1.29, 1.82) is 5.26 Å². The lowest BCUT2D eigenvalue weighted by molar-refractivity contribution is 0.286. The van der Waals surface area contributed by atoms with E-state index in [-0.39, 0.29) is 0 Å². The second kappa shape index (κ2) is 5.77. The summed E-state index contributed by atoms with van der Waals surface area (Å²) in [5, 5.41) is 20.1. The highest BCUT2D eigenvalue weighted by Crippen LogP contribution is 2.12. The van der Waals surface area contributed by atoms with Gasteiger partial charge < -0.3 is 4.74 Å². The van der Waals surface area contributed by atoms with Crippen LogP contribution in [0, 0.1) is 11.3 Å². The molecule has 0 atom stereocenters. The van der Waals surface area contributed by atoms with E-state index in [0.29, 0.717) is 23.7 Å². The summed E-state index contributed by atoms with van der Waals surface area (Å²) >= 11 is 0. The van der Waals surface area contributed by atoms with Crippen molar-refractivity contribution in [2.24, 2.45) is 0 Å². The highest BCUT2D eigenvalue weighted by molar-refractivity contribution is 5.34. The Morgan fingerprint density at radius 3 is 2.78 bits per heavy atom. The van der Waals surface area contributed by atoms with Gasteiger partial charge in [0.15, 0.2) is 5.82 Å². The fourth-order valence-electron chi connectivity index (χ4n) is 1.49. The van der Waals surface area contributed by atoms with Gasteiger partial charge in [0.2, 0.25) is 0 Å². The van der Waals surface area contributed by atoms with Gasteiger partial charge in [-0.25, -0.2) is 4.68 Å². The topological polar surface area (TPSA) is 76.6 Å². The first-order chi connectivity index (χ1) is 8.83. The average molecular weight is 243 g/mol. The summed E-state index contributed by atoms with van der Waals surface area (Å²) in [6.45, 7) is 3.16. The first kappa shape index (κ1) is 12.0. The molecule has 2 aromatic rings. The smallest absolute Gasteiger partial charge is 0.189 e. The second-order valence-corrected chi connectivity index (χ2v) is 3.74. The molecule has 6 heteroatoms. The van der Waals surface area contributed by atoms with E-state index in [1.807, 2.05) is 0 Å². The number of benzene rings is 1. The molecule has 2 rings (SSSR count). The largest absolute Gasteiger partial charge is 0.486 e. The molecule has 92 valence electrons. The van der Waals surface area contributed by atoms with E-state index in [9.17, 15) is 0 Å². The number of tetrazole rings is 1. The monoisotopic (exact) mass is 243 g/mol. The number of aromatic nitrogens is 4. The first-order valence-electron chi connectivity index (χ1n) is 5.71. The number of ether oxygens (including phenoxy) is 1. The fraction of sp³-hybridized carbons (Fsp3) is 0.333. The van der Waals surface area contributed by atoms with Crippen LogP contribution in [0.25, 0.3) is 0 Å². The number of hydrogen-bond donors (Lipinski definition) is 0. The van der Waals surface area contributed by atoms with Crippen molar-refractivity contribution in [3.05, 3.63) is 35.7 Å². The van der Waals surface area contributed by atoms with Gasteiger partial charge in [0.1, 0.15) is 12.4 Å². The molecule has 0 unspecified atom stereocenters. The van der Waals surface area contributed by atoms with E-state index in [1.54, 1.807) is 28.9 Å². The lowest BCUT2D eigenvalue weighted by atomic mass is 10.2. The average Bonchev–Trinajstić information content (AvgIpc) is 2.85. The van der Waals surface area contributed by atoms with Crippen LogP contribution in [0.15, 0.2) is 24.3 Å². The van der Waals surface area contributed by atoms with E-state index in [1.165, 1.54) is 0 Å². The molecule has 0 aliphatic carbocycles. The van der Waals surface area contributed by atoms with Crippen molar-refractivity contribution in [3.63, 3.8) is 0 Å². The zero-order valence-corrected chi connectivity index (χ0v) is 10.1. The minimum absolute atomic E-state index is 0.318. The predicted octanol–water partition coefficient (Wildman–Crippen LogP) is 1.53. The second-order valence-electron chi connectivity index (χ2n) is 3.74. The molecule has 0 fully saturated rings. The standard InChI is InChI=1S/C12H13N5O/c1-2-7-17-12(14-15-16-17)9-18-11-5-3-10(8-13)4-6-11/h3-6H,2,7,9H2,1H3. The van der Waals surface area contributed by atoms with E-state index in [2.05, 4.69) is 28.5 Å². The molecule has 6 nitrogen and oxygen atoms in total. The molecule has 0 radical (unpaired) electrons. The van der Waals surface area contributed by atoms with Crippen LogP contribution >= 0.6 is 0 Å². The summed E-state index contributed by atoms with van der Waals surface area (Å²) in [7, 11) is 0. The fourth-order valence-corrected chi connectivity index (χ4v) is 1.49. The molecule has 0 bridgehead atoms. The van der Waals surface area contributed by atoms with Gasteiger partial charge in [-0.3, -0.25) is 0 Å². The Balaban J connectivity index is 1.98. The van der Waals surface area contributed by atoms with Crippen molar-refractivity contribution < 1.29 is 4.74 Å². The van der Waals surface area contributed by atoms with E-state index < -0.39 is 0 Å². The lowest BCUT2D eigenvalue weighted by Crippen LogP contribution is -2.08. The molecule has 0 N–H and O–H groups in total. The Labute approximate surface area is 105 Å². The number of aryl methyl sites for hydroxylation is 1. The third-order valence-corrected chi connectivity index (χ3v) is 2.39. The van der Waals surface area contributed by atoms with Gasteiger partial charge in [-0.2, -0.15) is 5.26 Å². The normalized spacial score (nSPS) is 10.0. The van der Waals surface area contributed by atoms with Crippen molar-refractivity contribution >= 4 is 0 Å². The summed E-state index contributed by atoms with van der Waals surface area (Å²) in [5.74, 6) is 1.39. The summed E-state index contributed by atoms with van der Waals surface area (Å²) in [6, 6.07) is 9.00. The zero-order valence-electron chi connectivity index (χ0n) is 10.1. The maximum Gasteiger partial charge on any atom is 0.189 e. The molecule has 1 heterocycles. The van der Waals surface area contributed by atoms with E-state index >= 15 is 0 Å². The molecule has 1 aromatic heterocycles. The van der Waals surface area contributed by atoms with Crippen molar-refractivity contribution in [2.75, 3.05) is 0 Å². The van der Waals surface area contributed by atoms with Crippen LogP contribution in [0.5, 0.6) is 5.75 Å². The van der Waals surface area contributed by atoms with Crippen LogP contribution < -0.4 is 4.74 Å². The van der Waals surface area contributed by atoms with Crippen LogP contribution in [0.2, 0.25) is 0 Å². The van der Waals surface area contributed by atoms with Crippen LogP contribution in [-0.4, -0.2) is 20.2 Å². The van der Waals surface area contributed by atoms with E-state index in [4.69, 9.17) is 10.00 Å². The Bertz CT molecular complexity index is 540. The summed E-state index contributed by atoms with van der Waals surface area (Å²) < 4.78 is 7.29. The van der Waals surface area contributed by atoms with Gasteiger partial charge in [0, 0.05) is 6.54 Å². The minimum Gasteiger partial charge on any atom is -0.486 e. The van der Waals surface area contributed by atoms with Crippen LogP contribution in [0.1, 0.15) is 24.7 Å². The highest BCUT2D eigenvalue weighted by atomic mass is 16.5. The molecule has 0 spiro atoms. The number of nitriles is 1. The molecular weight excluding hydrogens is 230 g/mol. The maximum absolute atomic E-state index is 8.68. The zero-order chi connectivity index (χ0) is 12.8. The summed E-state index contributed by atoms with van der Waals surface area (Å²) in [6.07, 6.45) is 0.967. The van der Waals surface area contributed by atoms with Crippen LogP contribution in [0.3, 0.4) is 0 Å². The SMILES string of the molecule is CCCn1nnnc1COc1ccc(C#N)cc1. The number of nitrogens with zero attached hydrogens (tertiary/aromatic N) is 5. The van der Waals surface area contributed by atoms with Gasteiger partial charge >= 0.3 is 0 Å². The Morgan fingerprint density at radius 2 is 2.11 bits per heavy atom. The molecular formula is C12H13N5O. The number of hydrogen-bond acceptors (Lipinski definition) is 5. The molecule has 1 aromatic carbocycles. The predicted molar refractivity (Wildman–Crippen MR) is 63.6 cm³/mol. The van der Waals surface area contributed by atoms with Gasteiger partial charge in [-0.1, -0.05) is 6.92 Å². The molecule has 0 aliphatic rings. The first-order valence-corrected chi connectivity index (χ1v) is 5.71. The molecule has 0 aliphatic heterocycles. The van der Waals surface area contributed by atoms with Crippen molar-refractivity contribution in [3.8, 4) is 11.8 Å². The maximum atomic E-state index is 8.68. The van der Waals surface area contributed by atoms with Gasteiger partial charge in [0.25, 0.3) is 0 Å². The van der Waals surface area contributed by atoms with Gasteiger partial charge in [-0.05, 0) is 41.1 Å². The molecule has 0 saturated heterocycles. The van der Waals surface area contributed by atoms with Crippen LogP contribution in [-0.2, 0) is 13.2 Å². The minimum atomic E-state index is 0.318. The molecule has 18 heavy (non-hydrogen) atoms. The quantitative estimate of drug-likeness (QED) is 0.796. The number of rotatable bonds is 5. The van der Waals surface area contributed by atoms with Crippen LogP contribution in [0.4, 0.5) is 0 Å². The Kier molecular flexibility index (Phi) is 3.86. The lowest BCUT2D eigenvalue weighted by Gasteiger charge is -2.06. The van der Waals surface area contributed by atoms with Gasteiger partial charge in [0.05, 0.1) is 11.6 Å². The third kappa shape index (κ3) is 2.83. The van der Waals surface area contributed by atoms with Crippen molar-refractivity contribution in [2.45, 2.75) is 26.5 Å². The Hall–Kier alpha value is -2.42. The highest BCUT2D eigenvalue weighted by Gasteiger charge is 2.05. The third-order valence-electron chi connectivity index (χ3n) is 2.39. The van der Waals surface area contributed by atoms with Crippen molar-refractivity contribution in [1.82, 2.24) is 20.2 Å². The van der Waals surface area contributed by atoms with E-state index in [0.717, 1.165) is 13.0 Å². The Morgan fingerprint density at radius 1 is 1.33 bits per heavy atom. The molecule has 0 amide bonds. The van der Waals surface area contributed by atoms with Gasteiger partial charge in [-0.15, -0.1) is 5.10 Å².